The van der Waals surface area contributed by atoms with Crippen molar-refractivity contribution in [1.29, 1.82) is 0 Å². The molecule has 4 rings (SSSR count). The first-order valence-corrected chi connectivity index (χ1v) is 9.63. The van der Waals surface area contributed by atoms with E-state index in [1.54, 1.807) is 0 Å². The van der Waals surface area contributed by atoms with Gasteiger partial charge in [-0.2, -0.15) is 0 Å². The van der Waals surface area contributed by atoms with E-state index in [2.05, 4.69) is 12.2 Å². The Balaban J connectivity index is 1.64. The molecule has 0 radical (unpaired) electrons. The Morgan fingerprint density at radius 3 is 2.67 bits per heavy atom. The summed E-state index contributed by atoms with van der Waals surface area (Å²) in [5.74, 6) is 2.67. The normalized spacial score (nSPS) is 25.1. The number of aromatic nitrogens is 2. The van der Waals surface area contributed by atoms with Crippen LogP contribution in [0.1, 0.15) is 74.5 Å². The third kappa shape index (κ3) is 3.06. The van der Waals surface area contributed by atoms with Crippen LogP contribution in [0.4, 0.5) is 5.82 Å². The zero-order valence-corrected chi connectivity index (χ0v) is 14.7. The number of rotatable bonds is 3. The monoisotopic (exact) mass is 328 g/mol. The van der Waals surface area contributed by atoms with Crippen molar-refractivity contribution in [2.45, 2.75) is 70.8 Å². The van der Waals surface area contributed by atoms with E-state index < -0.39 is 0 Å². The Labute approximate surface area is 144 Å². The Hall–Kier alpha value is -1.49. The second-order valence-corrected chi connectivity index (χ2v) is 7.63. The summed E-state index contributed by atoms with van der Waals surface area (Å²) in [6.07, 6.45) is 10.1. The molecule has 2 fully saturated rings. The molecule has 1 atom stereocenters. The molecule has 0 bridgehead atoms. The van der Waals surface area contributed by atoms with E-state index in [0.717, 1.165) is 43.3 Å². The van der Waals surface area contributed by atoms with Crippen LogP contribution in [-0.4, -0.2) is 29.0 Å². The van der Waals surface area contributed by atoms with E-state index in [1.807, 2.05) is 4.90 Å². The molecule has 3 aliphatic rings. The van der Waals surface area contributed by atoms with Gasteiger partial charge in [-0.05, 0) is 51.5 Å². The molecule has 0 unspecified atom stereocenters. The lowest BCUT2D eigenvalue weighted by Crippen LogP contribution is -2.40. The summed E-state index contributed by atoms with van der Waals surface area (Å²) < 4.78 is 0. The Morgan fingerprint density at radius 2 is 1.92 bits per heavy atom. The second kappa shape index (κ2) is 6.79. The highest BCUT2D eigenvalue weighted by Gasteiger charge is 2.31. The molecule has 0 aromatic carbocycles. The molecule has 130 valence electrons. The number of anilines is 1. The van der Waals surface area contributed by atoms with Crippen molar-refractivity contribution in [3.05, 3.63) is 17.1 Å². The van der Waals surface area contributed by atoms with Gasteiger partial charge in [0.05, 0.1) is 6.04 Å². The second-order valence-electron chi connectivity index (χ2n) is 7.63. The van der Waals surface area contributed by atoms with Gasteiger partial charge in [0, 0.05) is 24.2 Å². The third-order valence-corrected chi connectivity index (χ3v) is 5.89. The standard InChI is InChI=1S/C19H28N4O/c1-13-15-9-10-17(24)23(12-14-6-3-2-4-7-14)19(15)22-18(21-13)16-8-5-11-20-16/h14,16,20H,2-12H2,1H3/t16-/m1/s1. The van der Waals surface area contributed by atoms with Crippen molar-refractivity contribution >= 4 is 11.7 Å². The molecule has 2 aliphatic heterocycles. The molecular weight excluding hydrogens is 300 g/mol. The maximum Gasteiger partial charge on any atom is 0.228 e. The molecule has 3 heterocycles. The number of nitrogens with one attached hydrogen (secondary N) is 1. The van der Waals surface area contributed by atoms with Crippen molar-refractivity contribution in [1.82, 2.24) is 15.3 Å². The molecule has 0 spiro atoms. The Kier molecular flexibility index (Phi) is 4.53. The van der Waals surface area contributed by atoms with Gasteiger partial charge in [-0.3, -0.25) is 9.69 Å². The van der Waals surface area contributed by atoms with E-state index in [0.29, 0.717) is 12.3 Å². The summed E-state index contributed by atoms with van der Waals surface area (Å²) in [6, 6.07) is 0.252. The number of carbonyl (C=O) groups is 1. The minimum Gasteiger partial charge on any atom is -0.307 e. The highest BCUT2D eigenvalue weighted by molar-refractivity contribution is 5.95. The van der Waals surface area contributed by atoms with Gasteiger partial charge < -0.3 is 5.32 Å². The van der Waals surface area contributed by atoms with Gasteiger partial charge in [0.2, 0.25) is 5.91 Å². The minimum atomic E-state index is 0.247. The molecule has 5 heteroatoms. The first-order chi connectivity index (χ1) is 11.7. The van der Waals surface area contributed by atoms with Crippen molar-refractivity contribution in [2.75, 3.05) is 18.0 Å². The zero-order chi connectivity index (χ0) is 16.5. The zero-order valence-electron chi connectivity index (χ0n) is 14.7. The topological polar surface area (TPSA) is 58.1 Å². The maximum absolute atomic E-state index is 12.6. The molecule has 1 aromatic rings. The number of amides is 1. The first-order valence-electron chi connectivity index (χ1n) is 9.63. The van der Waals surface area contributed by atoms with Crippen molar-refractivity contribution < 1.29 is 4.79 Å². The predicted octanol–water partition coefficient (Wildman–Crippen LogP) is 3.07. The van der Waals surface area contributed by atoms with E-state index in [4.69, 9.17) is 9.97 Å². The molecule has 1 amide bonds. The van der Waals surface area contributed by atoms with Crippen LogP contribution in [0.25, 0.3) is 0 Å². The fraction of sp³-hybridized carbons (Fsp3) is 0.737. The Morgan fingerprint density at radius 1 is 1.08 bits per heavy atom. The summed E-state index contributed by atoms with van der Waals surface area (Å²) in [5, 5.41) is 3.49. The molecule has 24 heavy (non-hydrogen) atoms. The smallest absolute Gasteiger partial charge is 0.228 e. The number of hydrogen-bond donors (Lipinski definition) is 1. The number of carbonyl (C=O) groups excluding carboxylic acids is 1. The number of nitrogens with zero attached hydrogens (tertiary/aromatic N) is 3. The largest absolute Gasteiger partial charge is 0.307 e. The lowest BCUT2D eigenvalue weighted by atomic mass is 9.88. The Bertz CT molecular complexity index is 618. The summed E-state index contributed by atoms with van der Waals surface area (Å²) >= 11 is 0. The van der Waals surface area contributed by atoms with Crippen LogP contribution in [-0.2, 0) is 11.2 Å². The van der Waals surface area contributed by atoms with Gasteiger partial charge in [-0.1, -0.05) is 19.3 Å². The fourth-order valence-electron chi connectivity index (χ4n) is 4.48. The van der Waals surface area contributed by atoms with Crippen LogP contribution in [0, 0.1) is 12.8 Å². The highest BCUT2D eigenvalue weighted by atomic mass is 16.2. The third-order valence-electron chi connectivity index (χ3n) is 5.89. The minimum absolute atomic E-state index is 0.247. The van der Waals surface area contributed by atoms with Crippen LogP contribution in [0.15, 0.2) is 0 Å². The molecule has 1 N–H and O–H groups in total. The van der Waals surface area contributed by atoms with Gasteiger partial charge in [0.25, 0.3) is 0 Å². The highest BCUT2D eigenvalue weighted by Crippen LogP contribution is 2.33. The average Bonchev–Trinajstić information content (AvgIpc) is 3.13. The predicted molar refractivity (Wildman–Crippen MR) is 94.0 cm³/mol. The molecular formula is C19H28N4O. The lowest BCUT2D eigenvalue weighted by Gasteiger charge is -2.33. The summed E-state index contributed by atoms with van der Waals surface area (Å²) in [5.41, 5.74) is 2.25. The molecule has 1 saturated carbocycles. The van der Waals surface area contributed by atoms with Gasteiger partial charge in [-0.25, -0.2) is 9.97 Å². The summed E-state index contributed by atoms with van der Waals surface area (Å²) in [6.45, 7) is 3.96. The molecule has 5 nitrogen and oxygen atoms in total. The first kappa shape index (κ1) is 16.0. The SMILES string of the molecule is Cc1nc([C@H]2CCCN2)nc2c1CCC(=O)N2CC1CCCCC1. The molecule has 1 aliphatic carbocycles. The van der Waals surface area contributed by atoms with Crippen molar-refractivity contribution in [2.24, 2.45) is 5.92 Å². The van der Waals surface area contributed by atoms with Crippen LogP contribution >= 0.6 is 0 Å². The van der Waals surface area contributed by atoms with Gasteiger partial charge >= 0.3 is 0 Å². The van der Waals surface area contributed by atoms with Crippen LogP contribution in [0.2, 0.25) is 0 Å². The van der Waals surface area contributed by atoms with Crippen LogP contribution in [0.5, 0.6) is 0 Å². The number of fused-ring (bicyclic) bond motifs is 1. The van der Waals surface area contributed by atoms with Gasteiger partial charge in [0.15, 0.2) is 0 Å². The fourth-order valence-corrected chi connectivity index (χ4v) is 4.48. The summed E-state index contributed by atoms with van der Waals surface area (Å²) in [4.78, 5) is 24.3. The van der Waals surface area contributed by atoms with E-state index in [1.165, 1.54) is 44.1 Å². The lowest BCUT2D eigenvalue weighted by molar-refractivity contribution is -0.119. The maximum atomic E-state index is 12.6. The quantitative estimate of drug-likeness (QED) is 0.926. The molecule has 1 aromatic heterocycles. The summed E-state index contributed by atoms with van der Waals surface area (Å²) in [7, 11) is 0. The van der Waals surface area contributed by atoms with Crippen LogP contribution in [0.3, 0.4) is 0 Å². The number of aryl methyl sites for hydroxylation is 1. The van der Waals surface area contributed by atoms with Crippen molar-refractivity contribution in [3.63, 3.8) is 0 Å². The average molecular weight is 328 g/mol. The number of hydrogen-bond acceptors (Lipinski definition) is 4. The van der Waals surface area contributed by atoms with Crippen molar-refractivity contribution in [3.8, 4) is 0 Å². The van der Waals surface area contributed by atoms with Crippen LogP contribution < -0.4 is 10.2 Å². The van der Waals surface area contributed by atoms with E-state index in [9.17, 15) is 4.79 Å². The van der Waals surface area contributed by atoms with E-state index >= 15 is 0 Å². The van der Waals surface area contributed by atoms with Gasteiger partial charge in [-0.15, -0.1) is 0 Å². The van der Waals surface area contributed by atoms with Gasteiger partial charge in [0.1, 0.15) is 11.6 Å². The van der Waals surface area contributed by atoms with E-state index in [-0.39, 0.29) is 11.9 Å². The molecule has 1 saturated heterocycles.